The lowest BCUT2D eigenvalue weighted by Crippen LogP contribution is -2.33. The maximum absolute atomic E-state index is 12.7. The number of thiophene rings is 1. The lowest BCUT2D eigenvalue weighted by molar-refractivity contribution is 0.0988. The lowest BCUT2D eigenvalue weighted by atomic mass is 10.1. The Morgan fingerprint density at radius 2 is 1.91 bits per heavy atom. The van der Waals surface area contributed by atoms with E-state index in [9.17, 15) is 14.7 Å². The van der Waals surface area contributed by atoms with Crippen LogP contribution in [0, 0.1) is 6.92 Å². The van der Waals surface area contributed by atoms with Crippen molar-refractivity contribution < 1.29 is 9.90 Å². The number of pyridine rings is 1. The Balaban J connectivity index is 2.20. The first-order chi connectivity index (χ1) is 10.9. The van der Waals surface area contributed by atoms with Crippen LogP contribution in [0.2, 0.25) is 0 Å². The van der Waals surface area contributed by atoms with Crippen molar-refractivity contribution in [2.45, 2.75) is 6.92 Å². The summed E-state index contributed by atoms with van der Waals surface area (Å²) >= 11 is 1.41. The van der Waals surface area contributed by atoms with Crippen molar-refractivity contribution in [3.8, 4) is 5.75 Å². The normalized spacial score (nSPS) is 10.9. The number of anilines is 1. The number of nitrogens with zero attached hydrogens (tertiary/aromatic N) is 2. The molecule has 0 unspecified atom stereocenters. The second-order valence-corrected chi connectivity index (χ2v) is 6.60. The Hall–Kier alpha value is -2.60. The molecule has 0 saturated heterocycles. The molecule has 0 aliphatic heterocycles. The van der Waals surface area contributed by atoms with Gasteiger partial charge in [-0.25, -0.2) is 0 Å². The zero-order valence-corrected chi connectivity index (χ0v) is 13.8. The van der Waals surface area contributed by atoms with Crippen LogP contribution in [-0.4, -0.2) is 22.6 Å². The number of aromatic hydroxyl groups is 1. The van der Waals surface area contributed by atoms with E-state index in [4.69, 9.17) is 0 Å². The van der Waals surface area contributed by atoms with E-state index < -0.39 is 11.5 Å². The number of carbonyl (C=O) groups excluding carboxylic acids is 1. The minimum Gasteiger partial charge on any atom is -0.506 e. The van der Waals surface area contributed by atoms with Crippen molar-refractivity contribution in [2.24, 2.45) is 7.05 Å². The van der Waals surface area contributed by atoms with Crippen LogP contribution in [0.1, 0.15) is 15.2 Å². The highest BCUT2D eigenvalue weighted by Gasteiger charge is 2.25. The number of aromatic nitrogens is 1. The van der Waals surface area contributed by atoms with Crippen LogP contribution in [0.5, 0.6) is 5.75 Å². The standard InChI is InChI=1S/C17H16N2O3S/c1-10-9-12-14(20)13(16(22)19(3)17(12)23-10)15(21)18(2)11-7-5-4-6-8-11/h4-9,20H,1-3H3. The predicted octanol–water partition coefficient (Wildman–Crippen LogP) is 2.89. The smallest absolute Gasteiger partial charge is 0.268 e. The Morgan fingerprint density at radius 1 is 1.26 bits per heavy atom. The first-order valence-corrected chi connectivity index (χ1v) is 7.88. The largest absolute Gasteiger partial charge is 0.506 e. The van der Waals surface area contributed by atoms with Crippen molar-refractivity contribution in [1.29, 1.82) is 0 Å². The summed E-state index contributed by atoms with van der Waals surface area (Å²) < 4.78 is 1.42. The van der Waals surface area contributed by atoms with Crippen molar-refractivity contribution >= 4 is 33.1 Å². The Morgan fingerprint density at radius 3 is 2.57 bits per heavy atom. The molecule has 2 aromatic heterocycles. The fraction of sp³-hybridized carbons (Fsp3) is 0.176. The van der Waals surface area contributed by atoms with Gasteiger partial charge < -0.3 is 14.6 Å². The summed E-state index contributed by atoms with van der Waals surface area (Å²) in [6.45, 7) is 1.90. The fourth-order valence-corrected chi connectivity index (χ4v) is 3.51. The average Bonchev–Trinajstić information content (AvgIpc) is 2.95. The Labute approximate surface area is 137 Å². The molecule has 2 heterocycles. The van der Waals surface area contributed by atoms with E-state index in [2.05, 4.69) is 0 Å². The lowest BCUT2D eigenvalue weighted by Gasteiger charge is -2.18. The van der Waals surface area contributed by atoms with Gasteiger partial charge >= 0.3 is 0 Å². The van der Waals surface area contributed by atoms with Crippen molar-refractivity contribution in [1.82, 2.24) is 4.57 Å². The SMILES string of the molecule is Cc1cc2c(O)c(C(=O)N(C)c3ccccc3)c(=O)n(C)c2s1. The third kappa shape index (κ3) is 2.41. The Kier molecular flexibility index (Phi) is 3.69. The molecule has 0 radical (unpaired) electrons. The number of hydrogen-bond donors (Lipinski definition) is 1. The van der Waals surface area contributed by atoms with Crippen LogP contribution in [0.3, 0.4) is 0 Å². The van der Waals surface area contributed by atoms with Crippen LogP contribution in [0.4, 0.5) is 5.69 Å². The van der Waals surface area contributed by atoms with Gasteiger partial charge in [0.05, 0.1) is 5.39 Å². The van der Waals surface area contributed by atoms with Gasteiger partial charge in [-0.05, 0) is 25.1 Å². The number of para-hydroxylation sites is 1. The topological polar surface area (TPSA) is 62.5 Å². The molecular formula is C17H16N2O3S. The van der Waals surface area contributed by atoms with Crippen LogP contribution in [0.25, 0.3) is 10.2 Å². The van der Waals surface area contributed by atoms with E-state index in [1.54, 1.807) is 32.3 Å². The van der Waals surface area contributed by atoms with Gasteiger partial charge in [0, 0.05) is 24.7 Å². The summed E-state index contributed by atoms with van der Waals surface area (Å²) in [5.41, 5.74) is -0.0469. The molecule has 1 N–H and O–H groups in total. The van der Waals surface area contributed by atoms with E-state index in [1.807, 2.05) is 25.1 Å². The predicted molar refractivity (Wildman–Crippen MR) is 92.6 cm³/mol. The monoisotopic (exact) mass is 328 g/mol. The summed E-state index contributed by atoms with van der Waals surface area (Å²) in [5, 5.41) is 11.0. The number of amides is 1. The van der Waals surface area contributed by atoms with Crippen molar-refractivity contribution in [2.75, 3.05) is 11.9 Å². The van der Waals surface area contributed by atoms with Gasteiger partial charge in [0.15, 0.2) is 0 Å². The quantitative estimate of drug-likeness (QED) is 0.787. The summed E-state index contributed by atoms with van der Waals surface area (Å²) in [5.74, 6) is -0.778. The van der Waals surface area contributed by atoms with E-state index in [1.165, 1.54) is 20.8 Å². The number of aryl methyl sites for hydroxylation is 2. The maximum atomic E-state index is 12.7. The number of hydrogen-bond acceptors (Lipinski definition) is 4. The summed E-state index contributed by atoms with van der Waals surface area (Å²) in [6, 6.07) is 10.8. The zero-order chi connectivity index (χ0) is 16.7. The van der Waals surface area contributed by atoms with Gasteiger partial charge in [-0.2, -0.15) is 0 Å². The van der Waals surface area contributed by atoms with Gasteiger partial charge in [-0.15, -0.1) is 11.3 Å². The van der Waals surface area contributed by atoms with Gasteiger partial charge in [0.25, 0.3) is 11.5 Å². The molecule has 3 aromatic rings. The van der Waals surface area contributed by atoms with Gasteiger partial charge in [-0.3, -0.25) is 9.59 Å². The molecule has 0 saturated carbocycles. The number of fused-ring (bicyclic) bond motifs is 1. The Bertz CT molecular complexity index is 957. The van der Waals surface area contributed by atoms with Crippen molar-refractivity contribution in [3.05, 3.63) is 57.2 Å². The van der Waals surface area contributed by atoms with Crippen LogP contribution in [-0.2, 0) is 7.05 Å². The molecule has 1 amide bonds. The van der Waals surface area contributed by atoms with Crippen LogP contribution in [0.15, 0.2) is 41.2 Å². The number of benzene rings is 1. The van der Waals surface area contributed by atoms with Gasteiger partial charge in [0.1, 0.15) is 16.1 Å². The van der Waals surface area contributed by atoms with E-state index in [-0.39, 0.29) is 11.3 Å². The molecule has 0 atom stereocenters. The van der Waals surface area contributed by atoms with E-state index >= 15 is 0 Å². The molecule has 0 spiro atoms. The minimum atomic E-state index is -0.528. The van der Waals surface area contributed by atoms with E-state index in [0.29, 0.717) is 15.9 Å². The third-order valence-corrected chi connectivity index (χ3v) is 4.94. The minimum absolute atomic E-state index is 0.204. The number of carbonyl (C=O) groups is 1. The molecule has 0 aliphatic carbocycles. The highest BCUT2D eigenvalue weighted by Crippen LogP contribution is 2.33. The maximum Gasteiger partial charge on any atom is 0.268 e. The summed E-state index contributed by atoms with van der Waals surface area (Å²) in [4.78, 5) is 28.3. The van der Waals surface area contributed by atoms with Gasteiger partial charge in [-0.1, -0.05) is 18.2 Å². The van der Waals surface area contributed by atoms with Crippen LogP contribution >= 0.6 is 11.3 Å². The molecule has 5 nitrogen and oxygen atoms in total. The first-order valence-electron chi connectivity index (χ1n) is 7.07. The molecule has 3 rings (SSSR count). The molecule has 1 aromatic carbocycles. The average molecular weight is 328 g/mol. The second-order valence-electron chi connectivity index (χ2n) is 5.36. The molecular weight excluding hydrogens is 312 g/mol. The number of rotatable bonds is 2. The third-order valence-electron chi connectivity index (χ3n) is 3.81. The first kappa shape index (κ1) is 15.3. The molecule has 118 valence electrons. The molecule has 0 fully saturated rings. The van der Waals surface area contributed by atoms with E-state index in [0.717, 1.165) is 4.88 Å². The molecule has 6 heteroatoms. The van der Waals surface area contributed by atoms with Gasteiger partial charge in [0.2, 0.25) is 0 Å². The molecule has 0 aliphatic rings. The highest BCUT2D eigenvalue weighted by atomic mass is 32.1. The highest BCUT2D eigenvalue weighted by molar-refractivity contribution is 7.18. The second kappa shape index (κ2) is 5.55. The zero-order valence-electron chi connectivity index (χ0n) is 13.0. The molecule has 23 heavy (non-hydrogen) atoms. The molecule has 0 bridgehead atoms. The summed E-state index contributed by atoms with van der Waals surface area (Å²) in [7, 11) is 3.19. The van der Waals surface area contributed by atoms with Crippen molar-refractivity contribution in [3.63, 3.8) is 0 Å². The fourth-order valence-electron chi connectivity index (χ4n) is 2.55. The summed E-state index contributed by atoms with van der Waals surface area (Å²) in [6.07, 6.45) is 0. The van der Waals surface area contributed by atoms with Crippen LogP contribution < -0.4 is 10.5 Å².